The van der Waals surface area contributed by atoms with E-state index in [0.29, 0.717) is 24.0 Å². The highest BCUT2D eigenvalue weighted by Gasteiger charge is 2.37. The van der Waals surface area contributed by atoms with Gasteiger partial charge in [-0.15, -0.1) is 0 Å². The molecule has 1 aliphatic carbocycles. The van der Waals surface area contributed by atoms with Gasteiger partial charge in [-0.25, -0.2) is 4.39 Å². The Morgan fingerprint density at radius 3 is 2.12 bits per heavy atom. The second-order valence-electron chi connectivity index (χ2n) is 8.59. The molecule has 0 aromatic heterocycles. The molecule has 1 aromatic rings. The summed E-state index contributed by atoms with van der Waals surface area (Å²) in [6.45, 7) is 13.5. The van der Waals surface area contributed by atoms with Crippen molar-refractivity contribution in [2.45, 2.75) is 96.8 Å². The van der Waals surface area contributed by atoms with Gasteiger partial charge in [0, 0.05) is 42.8 Å². The molecule has 3 atom stereocenters. The maximum absolute atomic E-state index is 15.0. The van der Waals surface area contributed by atoms with Gasteiger partial charge in [-0.2, -0.15) is 0 Å². The summed E-state index contributed by atoms with van der Waals surface area (Å²) in [6.07, 6.45) is 5.70. The molecule has 1 aromatic carbocycles. The van der Waals surface area contributed by atoms with Crippen molar-refractivity contribution in [3.8, 4) is 0 Å². The highest BCUT2D eigenvalue weighted by Crippen LogP contribution is 2.41. The first kappa shape index (κ1) is 19.8. The standard InChI is InChI=1S/C23H37FN2/c1-6-19-15-26(20(7-2)14-25(19)16(4)5)23(8-3)21-12-11-18(13-22(21)24)17-9-10-17/h11-13,16-17,19-20,23H,6-10,14-15H2,1-5H3/t19-,20+,23-/m0/s1. The van der Waals surface area contributed by atoms with Crippen molar-refractivity contribution in [3.05, 3.63) is 35.1 Å². The molecular formula is C23H37FN2. The molecule has 2 fully saturated rings. The molecule has 1 aliphatic heterocycles. The summed E-state index contributed by atoms with van der Waals surface area (Å²) < 4.78 is 15.0. The maximum atomic E-state index is 15.0. The minimum absolute atomic E-state index is 0.00967. The van der Waals surface area contributed by atoms with Crippen LogP contribution < -0.4 is 0 Å². The van der Waals surface area contributed by atoms with Crippen molar-refractivity contribution >= 4 is 0 Å². The van der Waals surface area contributed by atoms with Crippen LogP contribution in [0.1, 0.15) is 89.8 Å². The summed E-state index contributed by atoms with van der Waals surface area (Å²) in [4.78, 5) is 5.27. The second-order valence-corrected chi connectivity index (χ2v) is 8.59. The highest BCUT2D eigenvalue weighted by atomic mass is 19.1. The average Bonchev–Trinajstić information content (AvgIpc) is 3.48. The van der Waals surface area contributed by atoms with E-state index in [2.05, 4.69) is 56.6 Å². The van der Waals surface area contributed by atoms with E-state index in [-0.39, 0.29) is 11.9 Å². The lowest BCUT2D eigenvalue weighted by Crippen LogP contribution is -2.60. The number of hydrogen-bond donors (Lipinski definition) is 0. The van der Waals surface area contributed by atoms with Crippen molar-refractivity contribution in [2.75, 3.05) is 13.1 Å². The molecule has 0 unspecified atom stereocenters. The van der Waals surface area contributed by atoms with E-state index < -0.39 is 0 Å². The van der Waals surface area contributed by atoms with Gasteiger partial charge in [0.1, 0.15) is 5.82 Å². The van der Waals surface area contributed by atoms with E-state index in [1.165, 1.54) is 18.4 Å². The van der Waals surface area contributed by atoms with E-state index in [4.69, 9.17) is 0 Å². The molecule has 0 amide bonds. The lowest BCUT2D eigenvalue weighted by molar-refractivity contribution is -0.0185. The number of rotatable bonds is 7. The van der Waals surface area contributed by atoms with E-state index in [1.54, 1.807) is 0 Å². The Morgan fingerprint density at radius 2 is 1.62 bits per heavy atom. The fraction of sp³-hybridized carbons (Fsp3) is 0.739. The molecule has 146 valence electrons. The quantitative estimate of drug-likeness (QED) is 0.612. The Kier molecular flexibility index (Phi) is 6.40. The molecule has 1 heterocycles. The van der Waals surface area contributed by atoms with Crippen molar-refractivity contribution in [1.29, 1.82) is 0 Å². The molecule has 0 radical (unpaired) electrons. The SMILES string of the molecule is CC[C@H]1CN([C@@H](CC)c2ccc(C3CC3)cc2F)[C@H](CC)CN1C(C)C. The zero-order valence-corrected chi connectivity index (χ0v) is 17.3. The number of nitrogens with zero attached hydrogens (tertiary/aromatic N) is 2. The Hall–Kier alpha value is -0.930. The first-order chi connectivity index (χ1) is 12.5. The molecule has 0 bridgehead atoms. The zero-order valence-electron chi connectivity index (χ0n) is 17.3. The number of benzene rings is 1. The Labute approximate surface area is 159 Å². The third-order valence-electron chi connectivity index (χ3n) is 6.61. The van der Waals surface area contributed by atoms with Gasteiger partial charge in [0.05, 0.1) is 0 Å². The molecule has 2 aliphatic rings. The lowest BCUT2D eigenvalue weighted by atomic mass is 9.93. The molecular weight excluding hydrogens is 323 g/mol. The van der Waals surface area contributed by atoms with Gasteiger partial charge in [-0.3, -0.25) is 9.80 Å². The third kappa shape index (κ3) is 3.99. The van der Waals surface area contributed by atoms with Gasteiger partial charge in [0.2, 0.25) is 0 Å². The van der Waals surface area contributed by atoms with Crippen LogP contribution in [0.3, 0.4) is 0 Å². The van der Waals surface area contributed by atoms with Crippen LogP contribution in [0.15, 0.2) is 18.2 Å². The number of halogens is 1. The fourth-order valence-electron chi connectivity index (χ4n) is 4.85. The minimum atomic E-state index is 0.00967. The molecule has 0 spiro atoms. The van der Waals surface area contributed by atoms with Gasteiger partial charge in [-0.1, -0.05) is 32.9 Å². The maximum Gasteiger partial charge on any atom is 0.128 e. The highest BCUT2D eigenvalue weighted by molar-refractivity contribution is 5.31. The second kappa shape index (κ2) is 8.39. The number of hydrogen-bond acceptors (Lipinski definition) is 2. The van der Waals surface area contributed by atoms with Gasteiger partial charge in [0.25, 0.3) is 0 Å². The Balaban J connectivity index is 1.85. The molecule has 3 rings (SSSR count). The molecule has 0 N–H and O–H groups in total. The summed E-state index contributed by atoms with van der Waals surface area (Å²) in [7, 11) is 0. The van der Waals surface area contributed by atoms with E-state index in [9.17, 15) is 0 Å². The van der Waals surface area contributed by atoms with E-state index >= 15 is 4.39 Å². The lowest BCUT2D eigenvalue weighted by Gasteiger charge is -2.50. The summed E-state index contributed by atoms with van der Waals surface area (Å²) >= 11 is 0. The van der Waals surface area contributed by atoms with Gasteiger partial charge in [0.15, 0.2) is 0 Å². The normalized spacial score (nSPS) is 26.4. The fourth-order valence-corrected chi connectivity index (χ4v) is 4.85. The van der Waals surface area contributed by atoms with Crippen LogP contribution >= 0.6 is 0 Å². The van der Waals surface area contributed by atoms with Crippen LogP contribution in [0.25, 0.3) is 0 Å². The molecule has 1 saturated carbocycles. The predicted molar refractivity (Wildman–Crippen MR) is 108 cm³/mol. The topological polar surface area (TPSA) is 6.48 Å². The van der Waals surface area contributed by atoms with Crippen molar-refractivity contribution in [2.24, 2.45) is 0 Å². The molecule has 2 nitrogen and oxygen atoms in total. The van der Waals surface area contributed by atoms with Crippen LogP contribution in [0, 0.1) is 5.82 Å². The summed E-state index contributed by atoms with van der Waals surface area (Å²) in [6, 6.07) is 7.93. The van der Waals surface area contributed by atoms with Crippen molar-refractivity contribution in [3.63, 3.8) is 0 Å². The largest absolute Gasteiger partial charge is 0.295 e. The summed E-state index contributed by atoms with van der Waals surface area (Å²) in [5.41, 5.74) is 2.10. The zero-order chi connectivity index (χ0) is 18.8. The average molecular weight is 361 g/mol. The Morgan fingerprint density at radius 1 is 1.00 bits per heavy atom. The third-order valence-corrected chi connectivity index (χ3v) is 6.61. The summed E-state index contributed by atoms with van der Waals surface area (Å²) in [5, 5.41) is 0. The van der Waals surface area contributed by atoms with E-state index in [1.807, 2.05) is 6.07 Å². The minimum Gasteiger partial charge on any atom is -0.295 e. The van der Waals surface area contributed by atoms with Crippen LogP contribution in [0.5, 0.6) is 0 Å². The smallest absolute Gasteiger partial charge is 0.128 e. The first-order valence-corrected chi connectivity index (χ1v) is 10.8. The molecule has 3 heteroatoms. The van der Waals surface area contributed by atoms with Crippen molar-refractivity contribution in [1.82, 2.24) is 9.80 Å². The van der Waals surface area contributed by atoms with Crippen LogP contribution in [0.2, 0.25) is 0 Å². The van der Waals surface area contributed by atoms with Gasteiger partial charge >= 0.3 is 0 Å². The van der Waals surface area contributed by atoms with Crippen molar-refractivity contribution < 1.29 is 4.39 Å². The van der Waals surface area contributed by atoms with Crippen LogP contribution in [0.4, 0.5) is 4.39 Å². The van der Waals surface area contributed by atoms with Crippen LogP contribution in [-0.2, 0) is 0 Å². The predicted octanol–water partition coefficient (Wildman–Crippen LogP) is 5.74. The number of piperazine rings is 1. The van der Waals surface area contributed by atoms with Crippen LogP contribution in [-0.4, -0.2) is 41.0 Å². The monoisotopic (exact) mass is 360 g/mol. The van der Waals surface area contributed by atoms with E-state index in [0.717, 1.165) is 37.9 Å². The van der Waals surface area contributed by atoms with Gasteiger partial charge < -0.3 is 0 Å². The molecule has 1 saturated heterocycles. The Bertz CT molecular complexity index is 596. The first-order valence-electron chi connectivity index (χ1n) is 10.8. The van der Waals surface area contributed by atoms with Gasteiger partial charge in [-0.05, 0) is 63.5 Å². The molecule has 26 heavy (non-hydrogen) atoms. The summed E-state index contributed by atoms with van der Waals surface area (Å²) in [5.74, 6) is 0.622.